The Morgan fingerprint density at radius 1 is 1.04 bits per heavy atom. The summed E-state index contributed by atoms with van der Waals surface area (Å²) in [7, 11) is 2.22. The van der Waals surface area contributed by atoms with E-state index in [1.165, 1.54) is 50.0 Å². The van der Waals surface area contributed by atoms with Crippen LogP contribution in [0.5, 0.6) is 0 Å². The summed E-state index contributed by atoms with van der Waals surface area (Å²) < 4.78 is 0. The summed E-state index contributed by atoms with van der Waals surface area (Å²) in [5.74, 6) is 1.42. The lowest BCUT2D eigenvalue weighted by Crippen LogP contribution is -2.43. The number of rotatable bonds is 4. The molecule has 26 heavy (non-hydrogen) atoms. The maximum atomic E-state index is 6.20. The monoisotopic (exact) mass is 357 g/mol. The molecule has 0 amide bonds. The van der Waals surface area contributed by atoms with Gasteiger partial charge in [-0.15, -0.1) is 0 Å². The molecule has 0 aromatic heterocycles. The van der Waals surface area contributed by atoms with Crippen molar-refractivity contribution in [3.63, 3.8) is 0 Å². The van der Waals surface area contributed by atoms with Crippen molar-refractivity contribution in [1.29, 1.82) is 0 Å². The lowest BCUT2D eigenvalue weighted by atomic mass is 10.0. The molecular formula is C21H35N5. The van der Waals surface area contributed by atoms with Crippen LogP contribution in [0.25, 0.3) is 0 Å². The quantitative estimate of drug-likeness (QED) is 0.664. The van der Waals surface area contributed by atoms with Crippen molar-refractivity contribution in [2.45, 2.75) is 39.3 Å². The number of guanidine groups is 1. The first-order valence-corrected chi connectivity index (χ1v) is 10.1. The maximum absolute atomic E-state index is 6.20. The number of benzene rings is 1. The Morgan fingerprint density at radius 3 is 2.58 bits per heavy atom. The Labute approximate surface area is 158 Å². The fourth-order valence-electron chi connectivity index (χ4n) is 3.94. The fourth-order valence-corrected chi connectivity index (χ4v) is 3.94. The summed E-state index contributed by atoms with van der Waals surface area (Å²) in [6.07, 6.45) is 3.79. The zero-order valence-corrected chi connectivity index (χ0v) is 16.5. The van der Waals surface area contributed by atoms with Crippen LogP contribution in [0.1, 0.15) is 37.3 Å². The van der Waals surface area contributed by atoms with Crippen LogP contribution in [0.2, 0.25) is 0 Å². The average molecular weight is 358 g/mol. The Hall–Kier alpha value is -1.59. The van der Waals surface area contributed by atoms with E-state index < -0.39 is 0 Å². The van der Waals surface area contributed by atoms with E-state index >= 15 is 0 Å². The van der Waals surface area contributed by atoms with Crippen LogP contribution in [0.3, 0.4) is 0 Å². The highest BCUT2D eigenvalue weighted by atomic mass is 15.3. The first-order chi connectivity index (χ1) is 12.6. The molecule has 1 unspecified atom stereocenters. The highest BCUT2D eigenvalue weighted by molar-refractivity contribution is 5.78. The van der Waals surface area contributed by atoms with Crippen LogP contribution >= 0.6 is 0 Å². The largest absolute Gasteiger partial charge is 0.370 e. The van der Waals surface area contributed by atoms with Crippen LogP contribution in [0.4, 0.5) is 0 Å². The lowest BCUT2D eigenvalue weighted by Gasteiger charge is -2.31. The van der Waals surface area contributed by atoms with E-state index in [2.05, 4.69) is 57.9 Å². The third-order valence-electron chi connectivity index (χ3n) is 5.65. The molecule has 2 N–H and O–H groups in total. The Kier molecular flexibility index (Phi) is 6.92. The van der Waals surface area contributed by atoms with Crippen LogP contribution in [0, 0.1) is 5.92 Å². The second-order valence-electron chi connectivity index (χ2n) is 8.12. The van der Waals surface area contributed by atoms with Gasteiger partial charge in [-0.1, -0.05) is 31.2 Å². The van der Waals surface area contributed by atoms with E-state index in [1.807, 2.05) is 0 Å². The summed E-state index contributed by atoms with van der Waals surface area (Å²) in [4.78, 5) is 11.8. The van der Waals surface area contributed by atoms with Crippen molar-refractivity contribution in [3.8, 4) is 0 Å². The zero-order valence-electron chi connectivity index (χ0n) is 16.5. The highest BCUT2D eigenvalue weighted by Crippen LogP contribution is 2.15. The summed E-state index contributed by atoms with van der Waals surface area (Å²) in [5, 5.41) is 0. The van der Waals surface area contributed by atoms with Gasteiger partial charge >= 0.3 is 0 Å². The van der Waals surface area contributed by atoms with Gasteiger partial charge in [0.25, 0.3) is 0 Å². The predicted molar refractivity (Wildman–Crippen MR) is 109 cm³/mol. The summed E-state index contributed by atoms with van der Waals surface area (Å²) in [6, 6.07) is 8.90. The number of piperidine rings is 1. The minimum atomic E-state index is 0.672. The summed E-state index contributed by atoms with van der Waals surface area (Å²) in [6.45, 7) is 10.8. The molecule has 1 atom stereocenters. The number of nitrogens with zero attached hydrogens (tertiary/aromatic N) is 4. The molecule has 144 valence electrons. The van der Waals surface area contributed by atoms with Gasteiger partial charge in [-0.2, -0.15) is 0 Å². The van der Waals surface area contributed by atoms with Crippen molar-refractivity contribution < 1.29 is 0 Å². The molecular weight excluding hydrogens is 322 g/mol. The van der Waals surface area contributed by atoms with Crippen LogP contribution in [-0.2, 0) is 13.1 Å². The number of aliphatic imine (C=N–C) groups is 1. The number of hydrogen-bond donors (Lipinski definition) is 1. The van der Waals surface area contributed by atoms with Gasteiger partial charge in [0.1, 0.15) is 0 Å². The normalized spacial score (nSPS) is 23.8. The van der Waals surface area contributed by atoms with Crippen LogP contribution in [-0.4, -0.2) is 67.0 Å². The molecule has 0 radical (unpaired) electrons. The van der Waals surface area contributed by atoms with Gasteiger partial charge in [0, 0.05) is 32.7 Å². The predicted octanol–water partition coefficient (Wildman–Crippen LogP) is 2.37. The molecule has 0 spiro atoms. The molecule has 2 aliphatic rings. The van der Waals surface area contributed by atoms with Gasteiger partial charge in [0.05, 0.1) is 6.54 Å². The second-order valence-corrected chi connectivity index (χ2v) is 8.12. The van der Waals surface area contributed by atoms with E-state index in [4.69, 9.17) is 5.73 Å². The third kappa shape index (κ3) is 5.71. The molecule has 2 aliphatic heterocycles. The molecule has 5 heteroatoms. The van der Waals surface area contributed by atoms with Crippen molar-refractivity contribution in [3.05, 3.63) is 35.4 Å². The molecule has 5 nitrogen and oxygen atoms in total. The number of likely N-dealkylation sites (N-methyl/N-ethyl adjacent to an activating group) is 1. The Balaban J connectivity index is 1.50. The van der Waals surface area contributed by atoms with Gasteiger partial charge in [0.15, 0.2) is 5.96 Å². The molecule has 0 bridgehead atoms. The minimum Gasteiger partial charge on any atom is -0.370 e. The first kappa shape index (κ1) is 19.2. The molecule has 2 fully saturated rings. The number of likely N-dealkylation sites (tertiary alicyclic amines) is 1. The van der Waals surface area contributed by atoms with Gasteiger partial charge in [0.2, 0.25) is 0 Å². The molecule has 2 saturated heterocycles. The van der Waals surface area contributed by atoms with E-state index in [1.54, 1.807) is 0 Å². The summed E-state index contributed by atoms with van der Waals surface area (Å²) >= 11 is 0. The molecule has 2 heterocycles. The second kappa shape index (κ2) is 9.38. The van der Waals surface area contributed by atoms with Gasteiger partial charge in [-0.25, -0.2) is 4.99 Å². The minimum absolute atomic E-state index is 0.672. The lowest BCUT2D eigenvalue weighted by molar-refractivity contribution is 0.269. The van der Waals surface area contributed by atoms with Crippen LogP contribution < -0.4 is 5.73 Å². The van der Waals surface area contributed by atoms with Crippen molar-refractivity contribution >= 4 is 5.96 Å². The summed E-state index contributed by atoms with van der Waals surface area (Å²) in [5.41, 5.74) is 8.83. The Morgan fingerprint density at radius 2 is 1.81 bits per heavy atom. The SMILES string of the molecule is CC1CCCN(C(N)=NCc2ccc(CN3CCCN(C)CC3)cc2)C1. The van der Waals surface area contributed by atoms with E-state index in [-0.39, 0.29) is 0 Å². The standard InChI is InChI=1S/C21H35N5/c1-18-5-3-12-26(16-18)21(22)23-15-19-6-8-20(9-7-19)17-25-11-4-10-24(2)13-14-25/h6-9,18H,3-5,10-17H2,1-2H3,(H2,22,23). The van der Waals surface area contributed by atoms with Crippen molar-refractivity contribution in [2.24, 2.45) is 16.6 Å². The van der Waals surface area contributed by atoms with Gasteiger partial charge in [-0.3, -0.25) is 4.90 Å². The third-order valence-corrected chi connectivity index (χ3v) is 5.65. The van der Waals surface area contributed by atoms with E-state index in [0.29, 0.717) is 12.5 Å². The number of nitrogens with two attached hydrogens (primary N) is 1. The highest BCUT2D eigenvalue weighted by Gasteiger charge is 2.17. The topological polar surface area (TPSA) is 48.1 Å². The molecule has 3 rings (SSSR count). The fraction of sp³-hybridized carbons (Fsp3) is 0.667. The smallest absolute Gasteiger partial charge is 0.191 e. The van der Waals surface area contributed by atoms with E-state index in [0.717, 1.165) is 32.1 Å². The van der Waals surface area contributed by atoms with Crippen LogP contribution in [0.15, 0.2) is 29.3 Å². The van der Waals surface area contributed by atoms with Gasteiger partial charge < -0.3 is 15.5 Å². The average Bonchev–Trinajstić information content (AvgIpc) is 2.85. The molecule has 0 saturated carbocycles. The molecule has 1 aromatic carbocycles. The molecule has 0 aliphatic carbocycles. The zero-order chi connectivity index (χ0) is 18.4. The van der Waals surface area contributed by atoms with Gasteiger partial charge in [-0.05, 0) is 56.4 Å². The molecule has 1 aromatic rings. The Bertz CT molecular complexity index is 583. The maximum Gasteiger partial charge on any atom is 0.191 e. The van der Waals surface area contributed by atoms with Crippen molar-refractivity contribution in [2.75, 3.05) is 46.3 Å². The number of hydrogen-bond acceptors (Lipinski definition) is 3. The first-order valence-electron chi connectivity index (χ1n) is 10.1. The van der Waals surface area contributed by atoms with E-state index in [9.17, 15) is 0 Å². The van der Waals surface area contributed by atoms with Crippen molar-refractivity contribution in [1.82, 2.24) is 14.7 Å².